The molecule has 0 amide bonds. The molecule has 2 aliphatic carbocycles. The summed E-state index contributed by atoms with van der Waals surface area (Å²) in [5.41, 5.74) is 6.44. The van der Waals surface area contributed by atoms with E-state index in [1.54, 1.807) is 6.07 Å². The number of hydrogen-bond acceptors (Lipinski definition) is 3. The third-order valence-electron chi connectivity index (χ3n) is 5.54. The van der Waals surface area contributed by atoms with E-state index in [4.69, 9.17) is 0 Å². The Labute approximate surface area is 142 Å². The molecule has 0 saturated heterocycles. The van der Waals surface area contributed by atoms with E-state index < -0.39 is 0 Å². The molecule has 3 nitrogen and oxygen atoms in total. The maximum atomic E-state index is 11.4. The van der Waals surface area contributed by atoms with Crippen molar-refractivity contribution in [3.63, 3.8) is 0 Å². The number of rotatable bonds is 2. The molecule has 0 unspecified atom stereocenters. The lowest BCUT2D eigenvalue weighted by Gasteiger charge is -2.26. The third-order valence-corrected chi connectivity index (χ3v) is 5.54. The zero-order chi connectivity index (χ0) is 16.7. The van der Waals surface area contributed by atoms with Gasteiger partial charge in [0.15, 0.2) is 6.29 Å². The number of carbonyl (C=O) groups is 1. The smallest absolute Gasteiger partial charge is 0.153 e. The molecule has 124 valence electrons. The monoisotopic (exact) mass is 322 g/mol. The highest BCUT2D eigenvalue weighted by Gasteiger charge is 2.26. The Kier molecular flexibility index (Phi) is 3.79. The first-order valence-electron chi connectivity index (χ1n) is 8.87. The average molecular weight is 322 g/mol. The minimum Gasteiger partial charge on any atom is -0.507 e. The third kappa shape index (κ3) is 2.31. The Hall–Kier alpha value is -2.29. The molecule has 2 aromatic rings. The van der Waals surface area contributed by atoms with E-state index in [1.165, 1.54) is 5.56 Å². The van der Waals surface area contributed by atoms with Gasteiger partial charge in [-0.05, 0) is 85.8 Å². The molecule has 4 rings (SSSR count). The number of phenolic OH excluding ortho intramolecular Hbond substituents is 2. The standard InChI is InChI=1S/C21H22O3/c22-12-15-11-14-6-2-4-8-17(14)20(21(15)24)19-16-7-3-1-5-13(16)9-10-18(19)23/h9-12,23-24H,1-8H2. The van der Waals surface area contributed by atoms with Crippen LogP contribution in [-0.4, -0.2) is 16.5 Å². The lowest BCUT2D eigenvalue weighted by atomic mass is 9.79. The number of aryl methyl sites for hydroxylation is 2. The summed E-state index contributed by atoms with van der Waals surface area (Å²) >= 11 is 0. The van der Waals surface area contributed by atoms with Gasteiger partial charge in [0.05, 0.1) is 5.56 Å². The average Bonchev–Trinajstić information content (AvgIpc) is 2.62. The van der Waals surface area contributed by atoms with E-state index in [0.29, 0.717) is 11.1 Å². The number of phenols is 2. The second-order valence-corrected chi connectivity index (χ2v) is 6.96. The lowest BCUT2D eigenvalue weighted by Crippen LogP contribution is -2.10. The fourth-order valence-electron chi connectivity index (χ4n) is 4.37. The Morgan fingerprint density at radius 1 is 0.792 bits per heavy atom. The Morgan fingerprint density at radius 3 is 2.12 bits per heavy atom. The number of benzene rings is 2. The lowest BCUT2D eigenvalue weighted by molar-refractivity contribution is 0.112. The van der Waals surface area contributed by atoms with Crippen LogP contribution in [0.1, 0.15) is 58.3 Å². The van der Waals surface area contributed by atoms with Crippen LogP contribution in [0.15, 0.2) is 18.2 Å². The molecule has 0 heterocycles. The molecular weight excluding hydrogens is 300 g/mol. The number of carbonyl (C=O) groups excluding carboxylic acids is 1. The molecule has 0 atom stereocenters. The van der Waals surface area contributed by atoms with Gasteiger partial charge in [-0.25, -0.2) is 0 Å². The van der Waals surface area contributed by atoms with Crippen molar-refractivity contribution >= 4 is 6.29 Å². The van der Waals surface area contributed by atoms with Crippen LogP contribution < -0.4 is 0 Å². The Bertz CT molecular complexity index is 821. The fraction of sp³-hybridized carbons (Fsp3) is 0.381. The number of fused-ring (bicyclic) bond motifs is 2. The van der Waals surface area contributed by atoms with Gasteiger partial charge in [0.2, 0.25) is 0 Å². The van der Waals surface area contributed by atoms with Gasteiger partial charge in [0, 0.05) is 11.1 Å². The van der Waals surface area contributed by atoms with Crippen LogP contribution in [0.25, 0.3) is 11.1 Å². The molecule has 2 N–H and O–H groups in total. The Balaban J connectivity index is 2.05. The molecule has 2 aliphatic rings. The van der Waals surface area contributed by atoms with Gasteiger partial charge in [-0.2, -0.15) is 0 Å². The van der Waals surface area contributed by atoms with E-state index in [9.17, 15) is 15.0 Å². The van der Waals surface area contributed by atoms with Gasteiger partial charge in [0.25, 0.3) is 0 Å². The van der Waals surface area contributed by atoms with E-state index in [-0.39, 0.29) is 11.5 Å². The maximum Gasteiger partial charge on any atom is 0.153 e. The molecule has 0 bridgehead atoms. The zero-order valence-electron chi connectivity index (χ0n) is 13.8. The summed E-state index contributed by atoms with van der Waals surface area (Å²) in [6.45, 7) is 0. The minimum atomic E-state index is 0.0277. The summed E-state index contributed by atoms with van der Waals surface area (Å²) in [6.07, 6.45) is 8.91. The van der Waals surface area contributed by atoms with Crippen LogP contribution in [0.4, 0.5) is 0 Å². The van der Waals surface area contributed by atoms with Crippen molar-refractivity contribution in [2.45, 2.75) is 51.4 Å². The highest BCUT2D eigenvalue weighted by atomic mass is 16.3. The molecule has 0 aromatic heterocycles. The van der Waals surface area contributed by atoms with Crippen LogP contribution in [0.5, 0.6) is 11.5 Å². The largest absolute Gasteiger partial charge is 0.507 e. The van der Waals surface area contributed by atoms with Crippen molar-refractivity contribution < 1.29 is 15.0 Å². The van der Waals surface area contributed by atoms with Crippen molar-refractivity contribution in [1.82, 2.24) is 0 Å². The number of aromatic hydroxyl groups is 2. The van der Waals surface area contributed by atoms with Crippen molar-refractivity contribution in [2.75, 3.05) is 0 Å². The molecular formula is C21H22O3. The Morgan fingerprint density at radius 2 is 1.42 bits per heavy atom. The van der Waals surface area contributed by atoms with Crippen LogP contribution >= 0.6 is 0 Å². The minimum absolute atomic E-state index is 0.0277. The van der Waals surface area contributed by atoms with Crippen LogP contribution in [0, 0.1) is 0 Å². The highest BCUT2D eigenvalue weighted by molar-refractivity contribution is 5.91. The van der Waals surface area contributed by atoms with Gasteiger partial charge in [-0.3, -0.25) is 4.79 Å². The molecule has 3 heteroatoms. The second-order valence-electron chi connectivity index (χ2n) is 6.96. The van der Waals surface area contributed by atoms with E-state index in [0.717, 1.165) is 79.9 Å². The second kappa shape index (κ2) is 5.97. The molecule has 2 aromatic carbocycles. The summed E-state index contributed by atoms with van der Waals surface area (Å²) in [7, 11) is 0. The quantitative estimate of drug-likeness (QED) is 0.809. The van der Waals surface area contributed by atoms with Gasteiger partial charge in [0.1, 0.15) is 11.5 Å². The summed E-state index contributed by atoms with van der Waals surface area (Å²) in [4.78, 5) is 11.4. The topological polar surface area (TPSA) is 57.5 Å². The molecule has 0 fully saturated rings. The molecule has 0 aliphatic heterocycles. The molecule has 0 saturated carbocycles. The van der Waals surface area contributed by atoms with Crippen LogP contribution in [0.2, 0.25) is 0 Å². The summed E-state index contributed by atoms with van der Waals surface area (Å²) < 4.78 is 0. The fourth-order valence-corrected chi connectivity index (χ4v) is 4.37. The predicted molar refractivity (Wildman–Crippen MR) is 93.9 cm³/mol. The first-order valence-corrected chi connectivity index (χ1v) is 8.87. The van der Waals surface area contributed by atoms with Crippen molar-refractivity contribution in [2.24, 2.45) is 0 Å². The first-order chi connectivity index (χ1) is 11.7. The SMILES string of the molecule is O=Cc1cc2c(c(-c3c(O)ccc4c3CCCC4)c1O)CCCC2. The van der Waals surface area contributed by atoms with E-state index in [2.05, 4.69) is 0 Å². The maximum absolute atomic E-state index is 11.4. The summed E-state index contributed by atoms with van der Waals surface area (Å²) in [5.74, 6) is 0.238. The first kappa shape index (κ1) is 15.3. The van der Waals surface area contributed by atoms with E-state index >= 15 is 0 Å². The van der Waals surface area contributed by atoms with Crippen molar-refractivity contribution in [3.05, 3.63) is 46.0 Å². The van der Waals surface area contributed by atoms with Crippen molar-refractivity contribution in [1.29, 1.82) is 0 Å². The number of hydrogen-bond donors (Lipinski definition) is 2. The van der Waals surface area contributed by atoms with Gasteiger partial charge in [-0.1, -0.05) is 6.07 Å². The predicted octanol–water partition coefficient (Wildman–Crippen LogP) is 4.33. The summed E-state index contributed by atoms with van der Waals surface area (Å²) in [5, 5.41) is 21.4. The van der Waals surface area contributed by atoms with Gasteiger partial charge < -0.3 is 10.2 Å². The molecule has 0 spiro atoms. The number of aldehydes is 1. The summed E-state index contributed by atoms with van der Waals surface area (Å²) in [6, 6.07) is 5.56. The van der Waals surface area contributed by atoms with Crippen LogP contribution in [-0.2, 0) is 25.7 Å². The zero-order valence-corrected chi connectivity index (χ0v) is 13.8. The molecule has 24 heavy (non-hydrogen) atoms. The molecule has 0 radical (unpaired) electrons. The van der Waals surface area contributed by atoms with E-state index in [1.807, 2.05) is 12.1 Å². The van der Waals surface area contributed by atoms with Gasteiger partial charge in [-0.15, -0.1) is 0 Å². The van der Waals surface area contributed by atoms with Crippen LogP contribution in [0.3, 0.4) is 0 Å². The van der Waals surface area contributed by atoms with Gasteiger partial charge >= 0.3 is 0 Å². The normalized spacial score (nSPS) is 16.3. The van der Waals surface area contributed by atoms with Crippen molar-refractivity contribution in [3.8, 4) is 22.6 Å². The highest BCUT2D eigenvalue weighted by Crippen LogP contribution is 2.47.